The van der Waals surface area contributed by atoms with Crippen molar-refractivity contribution in [2.75, 3.05) is 0 Å². The van der Waals surface area contributed by atoms with Crippen LogP contribution in [0, 0.1) is 0 Å². The van der Waals surface area contributed by atoms with E-state index < -0.39 is 8.07 Å². The van der Waals surface area contributed by atoms with E-state index in [0.717, 1.165) is 22.8 Å². The molecule has 0 amide bonds. The van der Waals surface area contributed by atoms with Gasteiger partial charge in [0.25, 0.3) is 0 Å². The predicted molar refractivity (Wildman–Crippen MR) is 115 cm³/mol. The van der Waals surface area contributed by atoms with Gasteiger partial charge >= 0.3 is 0 Å². The van der Waals surface area contributed by atoms with Crippen LogP contribution in [0.25, 0.3) is 33.9 Å². The normalized spacial score (nSPS) is 13.9. The monoisotopic (exact) mass is 364 g/mol. The van der Waals surface area contributed by atoms with E-state index in [4.69, 9.17) is 9.97 Å². The summed E-state index contributed by atoms with van der Waals surface area (Å²) < 4.78 is 0. The average Bonchev–Trinajstić information content (AvgIpc) is 2.96. The molecule has 0 bridgehead atoms. The molecule has 1 aliphatic rings. The van der Waals surface area contributed by atoms with Crippen molar-refractivity contribution in [3.05, 3.63) is 84.9 Å². The molecule has 0 spiro atoms. The lowest BCUT2D eigenvalue weighted by Crippen LogP contribution is -2.50. The van der Waals surface area contributed by atoms with Crippen LogP contribution in [0.2, 0.25) is 13.1 Å². The van der Waals surface area contributed by atoms with Gasteiger partial charge in [0.1, 0.15) is 8.07 Å². The third-order valence-corrected chi connectivity index (χ3v) is 8.98. The molecule has 5 rings (SSSR count). The molecule has 3 aromatic carbocycles. The van der Waals surface area contributed by atoms with Crippen molar-refractivity contribution in [2.45, 2.75) is 13.1 Å². The Balaban J connectivity index is 1.87. The Labute approximate surface area is 160 Å². The highest BCUT2D eigenvalue weighted by atomic mass is 28.3. The molecule has 3 heteroatoms. The van der Waals surface area contributed by atoms with Gasteiger partial charge in [0, 0.05) is 11.1 Å². The van der Waals surface area contributed by atoms with Gasteiger partial charge in [-0.05, 0) is 15.9 Å². The van der Waals surface area contributed by atoms with E-state index in [2.05, 4.69) is 79.8 Å². The van der Waals surface area contributed by atoms with E-state index in [1.807, 2.05) is 18.2 Å². The molecule has 0 unspecified atom stereocenters. The summed E-state index contributed by atoms with van der Waals surface area (Å²) in [7, 11) is -1.86. The van der Waals surface area contributed by atoms with E-state index in [9.17, 15) is 0 Å². The highest BCUT2D eigenvalue weighted by molar-refractivity contribution is 7.04. The van der Waals surface area contributed by atoms with E-state index in [1.165, 1.54) is 21.5 Å². The van der Waals surface area contributed by atoms with Crippen molar-refractivity contribution >= 4 is 18.4 Å². The number of rotatable bonds is 2. The molecule has 27 heavy (non-hydrogen) atoms. The van der Waals surface area contributed by atoms with Crippen molar-refractivity contribution in [3.63, 3.8) is 0 Å². The SMILES string of the molecule is C[Si]1(C)c2ccccc2-c2nc(-c3ccccc3)nc(-c3ccccc3)c21. The number of hydrogen-bond donors (Lipinski definition) is 0. The van der Waals surface area contributed by atoms with Crippen molar-refractivity contribution < 1.29 is 0 Å². The Morgan fingerprint density at radius 2 is 1.15 bits per heavy atom. The van der Waals surface area contributed by atoms with Gasteiger partial charge in [-0.25, -0.2) is 9.97 Å². The minimum absolute atomic E-state index is 0.801. The Bertz CT molecular complexity index is 1140. The number of aromatic nitrogens is 2. The Hall–Kier alpha value is -3.04. The molecular weight excluding hydrogens is 344 g/mol. The Kier molecular flexibility index (Phi) is 3.59. The van der Waals surface area contributed by atoms with Gasteiger partial charge in [0.2, 0.25) is 0 Å². The third-order valence-electron chi connectivity index (χ3n) is 5.47. The first-order valence-corrected chi connectivity index (χ1v) is 12.3. The van der Waals surface area contributed by atoms with Gasteiger partial charge in [0.05, 0.1) is 11.4 Å². The first-order valence-electron chi connectivity index (χ1n) is 9.29. The topological polar surface area (TPSA) is 25.8 Å². The van der Waals surface area contributed by atoms with E-state index in [-0.39, 0.29) is 0 Å². The van der Waals surface area contributed by atoms with Crippen LogP contribution in [0.4, 0.5) is 0 Å². The van der Waals surface area contributed by atoms with Crippen LogP contribution >= 0.6 is 0 Å². The van der Waals surface area contributed by atoms with Crippen LogP contribution in [0.15, 0.2) is 84.9 Å². The molecule has 130 valence electrons. The predicted octanol–water partition coefficient (Wildman–Crippen LogP) is 4.61. The molecule has 4 aromatic rings. The third kappa shape index (κ3) is 2.46. The zero-order chi connectivity index (χ0) is 18.4. The smallest absolute Gasteiger partial charge is 0.160 e. The molecule has 0 radical (unpaired) electrons. The van der Waals surface area contributed by atoms with Gasteiger partial charge < -0.3 is 0 Å². The second-order valence-electron chi connectivity index (χ2n) is 7.52. The fourth-order valence-corrected chi connectivity index (χ4v) is 7.37. The Morgan fingerprint density at radius 3 is 1.85 bits per heavy atom. The fraction of sp³-hybridized carbons (Fsp3) is 0.0833. The van der Waals surface area contributed by atoms with Gasteiger partial charge in [-0.2, -0.15) is 0 Å². The second-order valence-corrected chi connectivity index (χ2v) is 11.8. The Morgan fingerprint density at radius 1 is 0.593 bits per heavy atom. The van der Waals surface area contributed by atoms with Crippen LogP contribution in [-0.2, 0) is 0 Å². The van der Waals surface area contributed by atoms with Crippen molar-refractivity contribution in [2.24, 2.45) is 0 Å². The van der Waals surface area contributed by atoms with E-state index in [0.29, 0.717) is 0 Å². The second kappa shape index (κ2) is 6.00. The van der Waals surface area contributed by atoms with Gasteiger partial charge in [-0.15, -0.1) is 0 Å². The minimum Gasteiger partial charge on any atom is -0.228 e. The lowest BCUT2D eigenvalue weighted by Gasteiger charge is -2.21. The summed E-state index contributed by atoms with van der Waals surface area (Å²) in [6.07, 6.45) is 0. The molecule has 1 aromatic heterocycles. The zero-order valence-electron chi connectivity index (χ0n) is 15.5. The van der Waals surface area contributed by atoms with Gasteiger partial charge in [0.15, 0.2) is 5.82 Å². The van der Waals surface area contributed by atoms with Crippen LogP contribution in [0.5, 0.6) is 0 Å². The van der Waals surface area contributed by atoms with E-state index in [1.54, 1.807) is 0 Å². The van der Waals surface area contributed by atoms with Crippen molar-refractivity contribution in [3.8, 4) is 33.9 Å². The molecule has 0 N–H and O–H groups in total. The summed E-state index contributed by atoms with van der Waals surface area (Å²) in [6.45, 7) is 4.82. The zero-order valence-corrected chi connectivity index (χ0v) is 16.5. The molecule has 0 atom stereocenters. The lowest BCUT2D eigenvalue weighted by molar-refractivity contribution is 1.20. The van der Waals surface area contributed by atoms with Gasteiger partial charge in [-0.1, -0.05) is 98.0 Å². The molecule has 2 nitrogen and oxygen atoms in total. The van der Waals surface area contributed by atoms with Crippen molar-refractivity contribution in [1.29, 1.82) is 0 Å². The summed E-state index contributed by atoms with van der Waals surface area (Å²) in [5, 5.41) is 2.81. The first-order chi connectivity index (χ1) is 13.2. The molecule has 0 fully saturated rings. The minimum atomic E-state index is -1.86. The van der Waals surface area contributed by atoms with Crippen molar-refractivity contribution in [1.82, 2.24) is 9.97 Å². The molecule has 0 saturated carbocycles. The largest absolute Gasteiger partial charge is 0.228 e. The molecule has 2 heterocycles. The van der Waals surface area contributed by atoms with Crippen LogP contribution < -0.4 is 10.4 Å². The summed E-state index contributed by atoms with van der Waals surface area (Å²) >= 11 is 0. The number of fused-ring (bicyclic) bond motifs is 3. The molecular formula is C24H20N2Si. The maximum atomic E-state index is 5.09. The summed E-state index contributed by atoms with van der Waals surface area (Å²) in [5.41, 5.74) is 5.71. The lowest BCUT2D eigenvalue weighted by atomic mass is 10.1. The summed E-state index contributed by atoms with van der Waals surface area (Å²) in [6, 6.07) is 29.6. The highest BCUT2D eigenvalue weighted by Gasteiger charge is 2.41. The molecule has 0 saturated heterocycles. The van der Waals surface area contributed by atoms with Crippen LogP contribution in [-0.4, -0.2) is 18.0 Å². The van der Waals surface area contributed by atoms with Gasteiger partial charge in [-0.3, -0.25) is 0 Å². The van der Waals surface area contributed by atoms with Crippen LogP contribution in [0.1, 0.15) is 0 Å². The maximum absolute atomic E-state index is 5.09. The number of nitrogens with zero attached hydrogens (tertiary/aromatic N) is 2. The van der Waals surface area contributed by atoms with Crippen LogP contribution in [0.3, 0.4) is 0 Å². The molecule has 0 aliphatic carbocycles. The maximum Gasteiger partial charge on any atom is 0.160 e. The molecule has 1 aliphatic heterocycles. The van der Waals surface area contributed by atoms with E-state index >= 15 is 0 Å². The highest BCUT2D eigenvalue weighted by Crippen LogP contribution is 2.33. The number of hydrogen-bond acceptors (Lipinski definition) is 2. The standard InChI is InChI=1S/C24H20N2Si/c1-27(2)20-16-10-9-15-19(20)22-23(27)21(17-11-5-3-6-12-17)25-24(26-22)18-13-7-4-8-14-18/h3-16H,1-2H3. The average molecular weight is 365 g/mol. The summed E-state index contributed by atoms with van der Waals surface area (Å²) in [4.78, 5) is 10.2. The number of benzene rings is 3. The quantitative estimate of drug-likeness (QED) is 0.485. The summed E-state index contributed by atoms with van der Waals surface area (Å²) in [5.74, 6) is 0.801. The first kappa shape index (κ1) is 16.2. The fourth-order valence-electron chi connectivity index (χ4n) is 4.14.